The summed E-state index contributed by atoms with van der Waals surface area (Å²) in [5.74, 6) is -2.22. The molecule has 0 fully saturated rings. The highest BCUT2D eigenvalue weighted by atomic mass is 19.1. The molecule has 3 rings (SSSR count). The van der Waals surface area contributed by atoms with Crippen LogP contribution in [0.4, 0.5) is 18.0 Å². The van der Waals surface area contributed by atoms with Crippen molar-refractivity contribution in [1.82, 2.24) is 10.2 Å². The summed E-state index contributed by atoms with van der Waals surface area (Å²) in [6.45, 7) is 3.52. The molecule has 2 N–H and O–H groups in total. The zero-order chi connectivity index (χ0) is 31.0. The molecule has 0 aliphatic rings. The number of nitrogens with one attached hydrogen (secondary N) is 1. The average Bonchev–Trinajstić information content (AvgIpc) is 2.98. The first-order valence-corrected chi connectivity index (χ1v) is 14.1. The molecule has 1 atom stereocenters. The van der Waals surface area contributed by atoms with E-state index in [2.05, 4.69) is 5.32 Å². The summed E-state index contributed by atoms with van der Waals surface area (Å²) in [6.07, 6.45) is 0.583. The molecule has 0 bridgehead atoms. The molecule has 0 saturated carbocycles. The fourth-order valence-corrected chi connectivity index (χ4v) is 4.17. The van der Waals surface area contributed by atoms with Crippen molar-refractivity contribution >= 4 is 12.0 Å². The maximum atomic E-state index is 14.0. The van der Waals surface area contributed by atoms with Crippen molar-refractivity contribution in [2.24, 2.45) is 0 Å². The van der Waals surface area contributed by atoms with Gasteiger partial charge in [-0.3, -0.25) is 0 Å². The lowest BCUT2D eigenvalue weighted by Gasteiger charge is -2.23. The van der Waals surface area contributed by atoms with Crippen LogP contribution >= 0.6 is 0 Å². The van der Waals surface area contributed by atoms with Crippen molar-refractivity contribution in [3.05, 3.63) is 101 Å². The van der Waals surface area contributed by atoms with E-state index in [1.807, 2.05) is 0 Å². The van der Waals surface area contributed by atoms with Crippen LogP contribution in [0, 0.1) is 17.5 Å². The third kappa shape index (κ3) is 12.0. The van der Waals surface area contributed by atoms with E-state index in [4.69, 9.17) is 14.2 Å². The zero-order valence-corrected chi connectivity index (χ0v) is 24.1. The Kier molecular flexibility index (Phi) is 13.8. The standard InChI is InChI=1S/C32H37F3N2O6/c1-2-42-30(31(38)39)19-23-7-13-28(14-8-23)43-18-16-37(32(40)36-21-25-9-12-27(34)20-29(25)35)15-3-4-17-41-22-24-5-10-26(33)11-6-24/h5-14,20,30H,2-4,15-19,21-22H2,1H3,(H,36,40)(H,38,39). The van der Waals surface area contributed by atoms with Gasteiger partial charge in [0.05, 0.1) is 13.2 Å². The first kappa shape index (κ1) is 33.4. The lowest BCUT2D eigenvalue weighted by atomic mass is 10.1. The van der Waals surface area contributed by atoms with Gasteiger partial charge in [0, 0.05) is 44.4 Å². The van der Waals surface area contributed by atoms with E-state index >= 15 is 0 Å². The Morgan fingerprint density at radius 3 is 2.26 bits per heavy atom. The first-order valence-electron chi connectivity index (χ1n) is 14.1. The van der Waals surface area contributed by atoms with E-state index in [0.717, 1.165) is 23.3 Å². The second-order valence-corrected chi connectivity index (χ2v) is 9.75. The second-order valence-electron chi connectivity index (χ2n) is 9.75. The van der Waals surface area contributed by atoms with Gasteiger partial charge in [-0.1, -0.05) is 30.3 Å². The van der Waals surface area contributed by atoms with Crippen molar-refractivity contribution in [2.45, 2.75) is 45.4 Å². The summed E-state index contributed by atoms with van der Waals surface area (Å²) in [5, 5.41) is 12.0. The van der Waals surface area contributed by atoms with E-state index in [9.17, 15) is 27.9 Å². The lowest BCUT2D eigenvalue weighted by Crippen LogP contribution is -2.42. The summed E-state index contributed by atoms with van der Waals surface area (Å²) in [6, 6.07) is 15.8. The highest BCUT2D eigenvalue weighted by Crippen LogP contribution is 2.15. The minimum Gasteiger partial charge on any atom is -0.492 e. The monoisotopic (exact) mass is 602 g/mol. The molecule has 0 spiro atoms. The number of ether oxygens (including phenoxy) is 3. The fourth-order valence-electron chi connectivity index (χ4n) is 4.17. The molecule has 3 aromatic carbocycles. The van der Waals surface area contributed by atoms with Gasteiger partial charge in [0.15, 0.2) is 6.10 Å². The van der Waals surface area contributed by atoms with Crippen LogP contribution in [0.5, 0.6) is 5.75 Å². The predicted octanol–water partition coefficient (Wildman–Crippen LogP) is 5.72. The summed E-state index contributed by atoms with van der Waals surface area (Å²) >= 11 is 0. The zero-order valence-electron chi connectivity index (χ0n) is 24.1. The van der Waals surface area contributed by atoms with Crippen LogP contribution in [0.15, 0.2) is 66.7 Å². The topological polar surface area (TPSA) is 97.3 Å². The molecule has 232 valence electrons. The molecule has 1 unspecified atom stereocenters. The van der Waals surface area contributed by atoms with Crippen LogP contribution < -0.4 is 10.1 Å². The van der Waals surface area contributed by atoms with Crippen molar-refractivity contribution in [3.8, 4) is 5.75 Å². The van der Waals surface area contributed by atoms with Gasteiger partial charge in [-0.05, 0) is 61.2 Å². The maximum absolute atomic E-state index is 14.0. The maximum Gasteiger partial charge on any atom is 0.333 e. The lowest BCUT2D eigenvalue weighted by molar-refractivity contribution is -0.149. The normalized spacial score (nSPS) is 11.6. The Hall–Kier alpha value is -4.09. The number of unbranched alkanes of at least 4 members (excludes halogenated alkanes) is 1. The van der Waals surface area contributed by atoms with Crippen molar-refractivity contribution in [2.75, 3.05) is 32.9 Å². The largest absolute Gasteiger partial charge is 0.492 e. The number of carbonyl (C=O) groups is 2. The molecule has 11 heteroatoms. The number of carboxylic acid groups (broad SMARTS) is 1. The van der Waals surface area contributed by atoms with Crippen LogP contribution in [0.1, 0.15) is 36.5 Å². The van der Waals surface area contributed by atoms with Crippen LogP contribution in [-0.2, 0) is 33.8 Å². The fraction of sp³-hybridized carbons (Fsp3) is 0.375. The van der Waals surface area contributed by atoms with Gasteiger partial charge in [-0.25, -0.2) is 22.8 Å². The minimum atomic E-state index is -1.03. The second kappa shape index (κ2) is 17.8. The van der Waals surface area contributed by atoms with Gasteiger partial charge >= 0.3 is 12.0 Å². The Bertz CT molecular complexity index is 1290. The quantitative estimate of drug-likeness (QED) is 0.181. The third-order valence-corrected chi connectivity index (χ3v) is 6.50. The van der Waals surface area contributed by atoms with E-state index in [-0.39, 0.29) is 37.5 Å². The van der Waals surface area contributed by atoms with Crippen molar-refractivity contribution < 1.29 is 42.1 Å². The van der Waals surface area contributed by atoms with E-state index in [0.29, 0.717) is 45.0 Å². The molecule has 8 nitrogen and oxygen atoms in total. The number of amides is 2. The average molecular weight is 603 g/mol. The minimum absolute atomic E-state index is 0.108. The highest BCUT2D eigenvalue weighted by Gasteiger charge is 2.18. The molecular formula is C32H37F3N2O6. The number of halogens is 3. The summed E-state index contributed by atoms with van der Waals surface area (Å²) in [5.41, 5.74) is 1.80. The molecule has 0 aliphatic heterocycles. The molecular weight excluding hydrogens is 565 g/mol. The molecule has 0 heterocycles. The smallest absolute Gasteiger partial charge is 0.333 e. The van der Waals surface area contributed by atoms with Gasteiger partial charge < -0.3 is 29.5 Å². The number of aliphatic carboxylic acids is 1. The van der Waals surface area contributed by atoms with E-state index < -0.39 is 29.7 Å². The molecule has 0 radical (unpaired) electrons. The Morgan fingerprint density at radius 1 is 0.884 bits per heavy atom. The van der Waals surface area contributed by atoms with E-state index in [1.165, 1.54) is 18.2 Å². The number of nitrogens with zero attached hydrogens (tertiary/aromatic N) is 1. The number of hydrogen-bond donors (Lipinski definition) is 2. The van der Waals surface area contributed by atoms with Gasteiger partial charge in [0.1, 0.15) is 29.8 Å². The third-order valence-electron chi connectivity index (χ3n) is 6.50. The predicted molar refractivity (Wildman–Crippen MR) is 154 cm³/mol. The number of hydrogen-bond acceptors (Lipinski definition) is 5. The van der Waals surface area contributed by atoms with Gasteiger partial charge in [0.2, 0.25) is 0 Å². The van der Waals surface area contributed by atoms with Gasteiger partial charge in [0.25, 0.3) is 0 Å². The van der Waals surface area contributed by atoms with Crippen molar-refractivity contribution in [1.29, 1.82) is 0 Å². The van der Waals surface area contributed by atoms with Gasteiger partial charge in [-0.15, -0.1) is 0 Å². The first-order chi connectivity index (χ1) is 20.7. The molecule has 0 aliphatic carbocycles. The van der Waals surface area contributed by atoms with Crippen LogP contribution in [-0.4, -0.2) is 61.0 Å². The number of carbonyl (C=O) groups excluding carboxylic acids is 1. The Balaban J connectivity index is 1.49. The molecule has 3 aromatic rings. The summed E-state index contributed by atoms with van der Waals surface area (Å²) < 4.78 is 57.0. The van der Waals surface area contributed by atoms with Crippen LogP contribution in [0.2, 0.25) is 0 Å². The Labute approximate surface area is 249 Å². The molecule has 0 aromatic heterocycles. The summed E-state index contributed by atoms with van der Waals surface area (Å²) in [4.78, 5) is 25.9. The number of benzene rings is 3. The van der Waals surface area contributed by atoms with E-state index in [1.54, 1.807) is 48.2 Å². The number of urea groups is 1. The number of rotatable bonds is 18. The summed E-state index contributed by atoms with van der Waals surface area (Å²) in [7, 11) is 0. The highest BCUT2D eigenvalue weighted by molar-refractivity contribution is 5.74. The van der Waals surface area contributed by atoms with Crippen molar-refractivity contribution in [3.63, 3.8) is 0 Å². The molecule has 43 heavy (non-hydrogen) atoms. The number of carboxylic acids is 1. The molecule has 2 amide bonds. The van der Waals surface area contributed by atoms with Crippen LogP contribution in [0.25, 0.3) is 0 Å². The van der Waals surface area contributed by atoms with Crippen LogP contribution in [0.3, 0.4) is 0 Å². The Morgan fingerprint density at radius 2 is 1.58 bits per heavy atom. The SMILES string of the molecule is CCOC(Cc1ccc(OCCN(CCCCOCc2ccc(F)cc2)C(=O)NCc2ccc(F)cc2F)cc1)C(=O)O. The molecule has 0 saturated heterocycles. The van der Waals surface area contributed by atoms with Gasteiger partial charge in [-0.2, -0.15) is 0 Å².